The molecular weight excluding hydrogens is 305 g/mol. The largest absolute Gasteiger partial charge is 0.416 e. The number of amides is 1. The summed E-state index contributed by atoms with van der Waals surface area (Å²) in [7, 11) is 0. The monoisotopic (exact) mass is 322 g/mol. The number of nitrogens with one attached hydrogen (secondary N) is 1. The van der Waals surface area contributed by atoms with Gasteiger partial charge in [-0.1, -0.05) is 12.1 Å². The van der Waals surface area contributed by atoms with Crippen molar-refractivity contribution in [2.45, 2.75) is 25.6 Å². The fourth-order valence-corrected chi connectivity index (χ4v) is 2.26. The van der Waals surface area contributed by atoms with Gasteiger partial charge >= 0.3 is 6.18 Å². The van der Waals surface area contributed by atoms with Crippen molar-refractivity contribution in [3.8, 4) is 0 Å². The zero-order valence-electron chi connectivity index (χ0n) is 11.6. The number of benzene rings is 1. The molecule has 1 aromatic rings. The van der Waals surface area contributed by atoms with E-state index in [4.69, 9.17) is 0 Å². The van der Waals surface area contributed by atoms with Gasteiger partial charge in [0.15, 0.2) is 0 Å². The normalized spacial score (nSPS) is 19.0. The van der Waals surface area contributed by atoms with Crippen LogP contribution in [0, 0.1) is 0 Å². The van der Waals surface area contributed by atoms with Crippen LogP contribution in [0.3, 0.4) is 0 Å². The maximum Gasteiger partial charge on any atom is 0.416 e. The Labute approximate surface area is 127 Å². The molecular formula is C14H18ClF3N2O. The first-order chi connectivity index (χ1) is 9.36. The van der Waals surface area contributed by atoms with Crippen LogP contribution in [0.25, 0.3) is 0 Å². The average Bonchev–Trinajstić information content (AvgIpc) is 2.38. The summed E-state index contributed by atoms with van der Waals surface area (Å²) >= 11 is 0. The van der Waals surface area contributed by atoms with Crippen molar-refractivity contribution >= 4 is 18.3 Å². The van der Waals surface area contributed by atoms with Gasteiger partial charge < -0.3 is 10.2 Å². The Balaban J connectivity index is 0.00000220. The molecule has 0 aromatic heterocycles. The molecule has 1 N–H and O–H groups in total. The van der Waals surface area contributed by atoms with Crippen LogP contribution in [0.5, 0.6) is 0 Å². The molecule has 1 saturated heterocycles. The summed E-state index contributed by atoms with van der Waals surface area (Å²) in [6.07, 6.45) is -4.19. The molecule has 1 atom stereocenters. The predicted molar refractivity (Wildman–Crippen MR) is 76.4 cm³/mol. The predicted octanol–water partition coefficient (Wildman–Crippen LogP) is 2.49. The van der Waals surface area contributed by atoms with Crippen LogP contribution in [-0.4, -0.2) is 36.5 Å². The third kappa shape index (κ3) is 4.89. The van der Waals surface area contributed by atoms with Crippen LogP contribution in [0.2, 0.25) is 0 Å². The van der Waals surface area contributed by atoms with Crippen LogP contribution < -0.4 is 5.32 Å². The fraction of sp³-hybridized carbons (Fsp3) is 0.500. The number of carbonyl (C=O) groups is 1. The van der Waals surface area contributed by atoms with Gasteiger partial charge in [-0.05, 0) is 24.6 Å². The Morgan fingerprint density at radius 1 is 1.33 bits per heavy atom. The van der Waals surface area contributed by atoms with Crippen LogP contribution in [0.15, 0.2) is 24.3 Å². The van der Waals surface area contributed by atoms with Gasteiger partial charge in [0.2, 0.25) is 5.91 Å². The first-order valence-corrected chi connectivity index (χ1v) is 6.53. The lowest BCUT2D eigenvalue weighted by Crippen LogP contribution is -2.51. The number of hydrogen-bond donors (Lipinski definition) is 1. The van der Waals surface area contributed by atoms with E-state index in [1.807, 2.05) is 6.92 Å². The molecule has 21 heavy (non-hydrogen) atoms. The average molecular weight is 323 g/mol. The van der Waals surface area contributed by atoms with Gasteiger partial charge in [0, 0.05) is 25.7 Å². The second-order valence-corrected chi connectivity index (χ2v) is 5.07. The molecule has 0 bridgehead atoms. The summed E-state index contributed by atoms with van der Waals surface area (Å²) in [5.41, 5.74) is -0.0846. The van der Waals surface area contributed by atoms with Crippen LogP contribution in [0.4, 0.5) is 13.2 Å². The summed E-state index contributed by atoms with van der Waals surface area (Å²) in [5.74, 6) is -0.0434. The van der Waals surface area contributed by atoms with E-state index in [0.29, 0.717) is 18.7 Å². The highest BCUT2D eigenvalue weighted by Crippen LogP contribution is 2.29. The molecule has 2 rings (SSSR count). The molecule has 1 fully saturated rings. The van der Waals surface area contributed by atoms with Gasteiger partial charge in [-0.25, -0.2) is 0 Å². The molecule has 0 radical (unpaired) electrons. The van der Waals surface area contributed by atoms with Crippen molar-refractivity contribution in [3.63, 3.8) is 0 Å². The van der Waals surface area contributed by atoms with E-state index in [-0.39, 0.29) is 30.8 Å². The second kappa shape index (κ2) is 7.13. The summed E-state index contributed by atoms with van der Waals surface area (Å²) in [5, 5.41) is 3.24. The maximum absolute atomic E-state index is 12.4. The minimum atomic E-state index is -4.34. The van der Waals surface area contributed by atoms with E-state index < -0.39 is 11.7 Å². The smallest absolute Gasteiger partial charge is 0.340 e. The van der Waals surface area contributed by atoms with Crippen molar-refractivity contribution in [2.24, 2.45) is 0 Å². The summed E-state index contributed by atoms with van der Waals surface area (Å²) < 4.78 is 37.3. The fourth-order valence-electron chi connectivity index (χ4n) is 2.26. The minimum Gasteiger partial charge on any atom is -0.340 e. The first kappa shape index (κ1) is 17.8. The number of piperazine rings is 1. The van der Waals surface area contributed by atoms with Crippen LogP contribution in [0.1, 0.15) is 18.1 Å². The third-order valence-corrected chi connectivity index (χ3v) is 3.36. The summed E-state index contributed by atoms with van der Waals surface area (Å²) in [6.45, 7) is 4.03. The van der Waals surface area contributed by atoms with Gasteiger partial charge in [-0.2, -0.15) is 13.2 Å². The Morgan fingerprint density at radius 3 is 2.48 bits per heavy atom. The quantitative estimate of drug-likeness (QED) is 0.907. The highest BCUT2D eigenvalue weighted by molar-refractivity contribution is 5.85. The number of halogens is 4. The number of nitrogens with zero attached hydrogens (tertiary/aromatic N) is 1. The second-order valence-electron chi connectivity index (χ2n) is 5.07. The van der Waals surface area contributed by atoms with E-state index in [9.17, 15) is 18.0 Å². The lowest BCUT2D eigenvalue weighted by molar-refractivity contribution is -0.137. The molecule has 1 heterocycles. The molecule has 0 aliphatic carbocycles. The maximum atomic E-state index is 12.4. The molecule has 1 amide bonds. The third-order valence-electron chi connectivity index (χ3n) is 3.36. The lowest BCUT2D eigenvalue weighted by Gasteiger charge is -2.32. The van der Waals surface area contributed by atoms with Crippen LogP contribution >= 0.6 is 12.4 Å². The van der Waals surface area contributed by atoms with E-state index in [1.165, 1.54) is 12.1 Å². The summed E-state index contributed by atoms with van der Waals surface area (Å²) in [6, 6.07) is 5.02. The zero-order chi connectivity index (χ0) is 14.8. The molecule has 7 heteroatoms. The van der Waals surface area contributed by atoms with Gasteiger partial charge in [0.05, 0.1) is 12.0 Å². The number of hydrogen-bond acceptors (Lipinski definition) is 2. The molecule has 0 saturated carbocycles. The Hall–Kier alpha value is -1.27. The standard InChI is InChI=1S/C14H17F3N2O.ClH/c1-10-9-19(7-6-18-10)13(20)8-11-2-4-12(5-3-11)14(15,16)17;/h2-5,10,18H,6-9H2,1H3;1H. The van der Waals surface area contributed by atoms with Gasteiger partial charge in [0.25, 0.3) is 0 Å². The molecule has 1 aromatic carbocycles. The van der Waals surface area contributed by atoms with Crippen molar-refractivity contribution < 1.29 is 18.0 Å². The molecule has 118 valence electrons. The Morgan fingerprint density at radius 2 is 1.95 bits per heavy atom. The van der Waals surface area contributed by atoms with Crippen molar-refractivity contribution in [2.75, 3.05) is 19.6 Å². The molecule has 1 aliphatic heterocycles. The number of rotatable bonds is 2. The van der Waals surface area contributed by atoms with Crippen molar-refractivity contribution in [3.05, 3.63) is 35.4 Å². The van der Waals surface area contributed by atoms with Crippen molar-refractivity contribution in [1.82, 2.24) is 10.2 Å². The highest BCUT2D eigenvalue weighted by atomic mass is 35.5. The lowest BCUT2D eigenvalue weighted by atomic mass is 10.1. The van der Waals surface area contributed by atoms with E-state index in [0.717, 1.165) is 18.7 Å². The van der Waals surface area contributed by atoms with Gasteiger partial charge in [-0.3, -0.25) is 4.79 Å². The van der Waals surface area contributed by atoms with Gasteiger partial charge in [0.1, 0.15) is 0 Å². The zero-order valence-corrected chi connectivity index (χ0v) is 12.4. The highest BCUT2D eigenvalue weighted by Gasteiger charge is 2.30. The van der Waals surface area contributed by atoms with Crippen molar-refractivity contribution in [1.29, 1.82) is 0 Å². The Kier molecular flexibility index (Phi) is 6.04. The van der Waals surface area contributed by atoms with Gasteiger partial charge in [-0.15, -0.1) is 12.4 Å². The van der Waals surface area contributed by atoms with Crippen LogP contribution in [-0.2, 0) is 17.4 Å². The topological polar surface area (TPSA) is 32.3 Å². The SMILES string of the molecule is CC1CN(C(=O)Cc2ccc(C(F)(F)F)cc2)CCN1.Cl. The molecule has 1 unspecified atom stereocenters. The first-order valence-electron chi connectivity index (χ1n) is 6.53. The summed E-state index contributed by atoms with van der Waals surface area (Å²) in [4.78, 5) is 13.8. The number of alkyl halides is 3. The molecule has 0 spiro atoms. The van der Waals surface area contributed by atoms with E-state index in [1.54, 1.807) is 4.90 Å². The van der Waals surface area contributed by atoms with E-state index >= 15 is 0 Å². The molecule has 3 nitrogen and oxygen atoms in total. The minimum absolute atomic E-state index is 0. The van der Waals surface area contributed by atoms with E-state index in [2.05, 4.69) is 5.32 Å². The Bertz CT molecular complexity index is 476. The molecule has 1 aliphatic rings. The number of carbonyl (C=O) groups excluding carboxylic acids is 1.